The van der Waals surface area contributed by atoms with E-state index in [0.717, 1.165) is 6.07 Å². The van der Waals surface area contributed by atoms with Gasteiger partial charge in [-0.1, -0.05) is 25.4 Å². The average Bonchev–Trinajstić information content (AvgIpc) is 2.00. The Kier molecular flexibility index (Phi) is 3.38. The molecule has 0 aliphatic heterocycles. The molecule has 0 atom stereocenters. The van der Waals surface area contributed by atoms with Gasteiger partial charge in [0.25, 0.3) is 0 Å². The van der Waals surface area contributed by atoms with E-state index >= 15 is 0 Å². The standard InChI is InChI=1S/C9H11ClFNO2S/c1-5(2)6-3-9(15(12,13)14)8(11)4-7(6)10/h3-5H,1-2H3,(H2,12,13,14). The Labute approximate surface area is 93.1 Å². The van der Waals surface area contributed by atoms with Gasteiger partial charge in [0.05, 0.1) is 0 Å². The number of hydrogen-bond donors (Lipinski definition) is 1. The predicted octanol–water partition coefficient (Wildman–Crippen LogP) is 2.25. The van der Waals surface area contributed by atoms with Crippen LogP contribution in [0.1, 0.15) is 25.3 Å². The Morgan fingerprint density at radius 2 is 1.93 bits per heavy atom. The monoisotopic (exact) mass is 251 g/mol. The van der Waals surface area contributed by atoms with Crippen molar-refractivity contribution in [2.24, 2.45) is 5.14 Å². The minimum absolute atomic E-state index is 0.00130. The van der Waals surface area contributed by atoms with Gasteiger partial charge in [-0.05, 0) is 23.6 Å². The third-order valence-corrected chi connectivity index (χ3v) is 3.23. The summed E-state index contributed by atoms with van der Waals surface area (Å²) in [6.07, 6.45) is 0. The van der Waals surface area contributed by atoms with Gasteiger partial charge in [0.15, 0.2) is 0 Å². The Balaban J connectivity index is 3.50. The molecule has 0 radical (unpaired) electrons. The molecule has 0 unspecified atom stereocenters. The summed E-state index contributed by atoms with van der Waals surface area (Å²) in [6.45, 7) is 3.65. The molecule has 0 spiro atoms. The van der Waals surface area contributed by atoms with Crippen molar-refractivity contribution >= 4 is 21.6 Å². The smallest absolute Gasteiger partial charge is 0.225 e. The summed E-state index contributed by atoms with van der Waals surface area (Å²) in [5.41, 5.74) is 0.557. The van der Waals surface area contributed by atoms with Crippen LogP contribution in [-0.4, -0.2) is 8.42 Å². The zero-order valence-corrected chi connectivity index (χ0v) is 9.86. The van der Waals surface area contributed by atoms with Crippen LogP contribution in [0.2, 0.25) is 5.02 Å². The van der Waals surface area contributed by atoms with Crippen molar-refractivity contribution < 1.29 is 12.8 Å². The van der Waals surface area contributed by atoms with Crippen LogP contribution in [0, 0.1) is 5.82 Å². The molecule has 0 fully saturated rings. The Hall–Kier alpha value is -0.650. The fourth-order valence-corrected chi connectivity index (χ4v) is 2.20. The van der Waals surface area contributed by atoms with E-state index in [9.17, 15) is 12.8 Å². The van der Waals surface area contributed by atoms with Gasteiger partial charge in [0.1, 0.15) is 10.7 Å². The summed E-state index contributed by atoms with van der Waals surface area (Å²) >= 11 is 5.77. The van der Waals surface area contributed by atoms with Gasteiger partial charge in [-0.2, -0.15) is 0 Å². The SMILES string of the molecule is CC(C)c1cc(S(N)(=O)=O)c(F)cc1Cl. The lowest BCUT2D eigenvalue weighted by Crippen LogP contribution is -2.14. The van der Waals surface area contributed by atoms with Crippen molar-refractivity contribution in [1.29, 1.82) is 0 Å². The maximum absolute atomic E-state index is 13.2. The first-order valence-corrected chi connectivity index (χ1v) is 6.17. The minimum atomic E-state index is -4.04. The van der Waals surface area contributed by atoms with Crippen LogP contribution in [-0.2, 0) is 10.0 Å². The number of nitrogens with two attached hydrogens (primary N) is 1. The number of rotatable bonds is 2. The maximum Gasteiger partial charge on any atom is 0.240 e. The zero-order valence-electron chi connectivity index (χ0n) is 8.29. The molecule has 6 heteroatoms. The molecule has 15 heavy (non-hydrogen) atoms. The molecule has 0 saturated carbocycles. The molecule has 1 aromatic carbocycles. The van der Waals surface area contributed by atoms with E-state index in [4.69, 9.17) is 16.7 Å². The third kappa shape index (κ3) is 2.68. The third-order valence-electron chi connectivity index (χ3n) is 1.98. The lowest BCUT2D eigenvalue weighted by molar-refractivity contribution is 0.566. The molecule has 0 saturated heterocycles. The molecule has 1 rings (SSSR count). The second-order valence-electron chi connectivity index (χ2n) is 3.50. The summed E-state index contributed by atoms with van der Waals surface area (Å²) in [6, 6.07) is 2.15. The van der Waals surface area contributed by atoms with E-state index in [1.807, 2.05) is 13.8 Å². The second kappa shape index (κ2) is 4.08. The molecule has 0 heterocycles. The van der Waals surface area contributed by atoms with Crippen LogP contribution in [0.15, 0.2) is 17.0 Å². The second-order valence-corrected chi connectivity index (χ2v) is 5.44. The van der Waals surface area contributed by atoms with Crippen LogP contribution in [0.4, 0.5) is 4.39 Å². The molecule has 0 aromatic heterocycles. The van der Waals surface area contributed by atoms with Crippen LogP contribution < -0.4 is 5.14 Å². The topological polar surface area (TPSA) is 60.2 Å². The molecule has 2 N–H and O–H groups in total. The molecular formula is C9H11ClFNO2S. The Bertz CT molecular complexity index is 485. The van der Waals surface area contributed by atoms with E-state index in [0.29, 0.717) is 5.56 Å². The highest BCUT2D eigenvalue weighted by molar-refractivity contribution is 7.89. The van der Waals surface area contributed by atoms with Gasteiger partial charge >= 0.3 is 0 Å². The maximum atomic E-state index is 13.2. The molecule has 0 bridgehead atoms. The number of sulfonamides is 1. The van der Waals surface area contributed by atoms with Crippen molar-refractivity contribution in [2.45, 2.75) is 24.7 Å². The molecule has 0 aliphatic rings. The molecule has 0 amide bonds. The summed E-state index contributed by atoms with van der Waals surface area (Å²) in [4.78, 5) is -0.518. The lowest BCUT2D eigenvalue weighted by Gasteiger charge is -2.10. The summed E-state index contributed by atoms with van der Waals surface area (Å²) in [7, 11) is -4.04. The zero-order chi connectivity index (χ0) is 11.8. The first kappa shape index (κ1) is 12.4. The van der Waals surface area contributed by atoms with Crippen molar-refractivity contribution in [2.75, 3.05) is 0 Å². The number of halogens is 2. The number of benzene rings is 1. The lowest BCUT2D eigenvalue weighted by atomic mass is 10.0. The van der Waals surface area contributed by atoms with Gasteiger partial charge in [-0.15, -0.1) is 0 Å². The highest BCUT2D eigenvalue weighted by atomic mass is 35.5. The van der Waals surface area contributed by atoms with Gasteiger partial charge < -0.3 is 0 Å². The van der Waals surface area contributed by atoms with E-state index in [1.54, 1.807) is 0 Å². The highest BCUT2D eigenvalue weighted by Crippen LogP contribution is 2.28. The molecule has 1 aromatic rings. The molecule has 84 valence electrons. The largest absolute Gasteiger partial charge is 0.240 e. The van der Waals surface area contributed by atoms with E-state index in [-0.39, 0.29) is 10.9 Å². The van der Waals surface area contributed by atoms with Crippen molar-refractivity contribution in [3.05, 3.63) is 28.5 Å². The van der Waals surface area contributed by atoms with E-state index in [1.165, 1.54) is 6.07 Å². The normalized spacial score (nSPS) is 12.1. The fourth-order valence-electron chi connectivity index (χ4n) is 1.21. The van der Waals surface area contributed by atoms with Crippen LogP contribution in [0.5, 0.6) is 0 Å². The molecule has 0 aliphatic carbocycles. The molecule has 3 nitrogen and oxygen atoms in total. The van der Waals surface area contributed by atoms with Gasteiger partial charge in [0, 0.05) is 5.02 Å². The van der Waals surface area contributed by atoms with Gasteiger partial charge in [-0.3, -0.25) is 0 Å². The van der Waals surface area contributed by atoms with E-state index in [2.05, 4.69) is 0 Å². The van der Waals surface area contributed by atoms with Crippen LogP contribution in [0.3, 0.4) is 0 Å². The fraction of sp³-hybridized carbons (Fsp3) is 0.333. The summed E-state index contributed by atoms with van der Waals surface area (Å²) in [5, 5.41) is 5.07. The predicted molar refractivity (Wildman–Crippen MR) is 56.9 cm³/mol. The molecular weight excluding hydrogens is 241 g/mol. The van der Waals surface area contributed by atoms with E-state index < -0.39 is 20.7 Å². The summed E-state index contributed by atoms with van der Waals surface area (Å²) < 4.78 is 35.3. The van der Waals surface area contributed by atoms with Crippen LogP contribution in [0.25, 0.3) is 0 Å². The summed E-state index contributed by atoms with van der Waals surface area (Å²) in [5.74, 6) is -0.925. The first-order valence-electron chi connectivity index (χ1n) is 4.25. The van der Waals surface area contributed by atoms with Gasteiger partial charge in [0.2, 0.25) is 10.0 Å². The van der Waals surface area contributed by atoms with Crippen LogP contribution >= 0.6 is 11.6 Å². The Morgan fingerprint density at radius 1 is 1.40 bits per heavy atom. The highest BCUT2D eigenvalue weighted by Gasteiger charge is 2.18. The quantitative estimate of drug-likeness (QED) is 0.876. The minimum Gasteiger partial charge on any atom is -0.225 e. The van der Waals surface area contributed by atoms with Crippen molar-refractivity contribution in [3.63, 3.8) is 0 Å². The average molecular weight is 252 g/mol. The first-order chi connectivity index (χ1) is 6.73. The number of primary sulfonamides is 1. The van der Waals surface area contributed by atoms with Crippen molar-refractivity contribution in [3.8, 4) is 0 Å². The van der Waals surface area contributed by atoms with Crippen molar-refractivity contribution in [1.82, 2.24) is 0 Å². The Morgan fingerprint density at radius 3 is 2.33 bits per heavy atom. The number of hydrogen-bond acceptors (Lipinski definition) is 2. The van der Waals surface area contributed by atoms with Gasteiger partial charge in [-0.25, -0.2) is 17.9 Å².